The molecule has 1 heterocycles. The first-order chi connectivity index (χ1) is 14.9. The van der Waals surface area contributed by atoms with E-state index in [1.54, 1.807) is 13.0 Å². The molecule has 10 heteroatoms. The van der Waals surface area contributed by atoms with Crippen LogP contribution in [0.2, 0.25) is 0 Å². The van der Waals surface area contributed by atoms with Gasteiger partial charge in [-0.2, -0.15) is 0 Å². The van der Waals surface area contributed by atoms with Gasteiger partial charge < -0.3 is 14.8 Å². The first kappa shape index (κ1) is 21.5. The summed E-state index contributed by atoms with van der Waals surface area (Å²) in [5.74, 6) is -1.94. The number of ether oxygens (including phenoxy) is 2. The van der Waals surface area contributed by atoms with Crippen molar-refractivity contribution in [2.24, 2.45) is 0 Å². The number of imide groups is 2. The number of benzene rings is 2. The molecule has 0 aliphatic carbocycles. The number of carbonyl (C=O) groups is 4. The molecule has 160 valence electrons. The van der Waals surface area contributed by atoms with Crippen molar-refractivity contribution in [1.82, 2.24) is 10.6 Å². The number of halogens is 1. The fraction of sp³-hybridized carbons (Fsp3) is 0.143. The Morgan fingerprint density at radius 1 is 1.00 bits per heavy atom. The fourth-order valence-electron chi connectivity index (χ4n) is 2.65. The van der Waals surface area contributed by atoms with Crippen molar-refractivity contribution in [2.75, 3.05) is 18.5 Å². The largest absolute Gasteiger partial charge is 0.490 e. The van der Waals surface area contributed by atoms with Crippen LogP contribution in [-0.2, 0) is 14.4 Å². The van der Waals surface area contributed by atoms with Gasteiger partial charge in [0, 0.05) is 5.69 Å². The molecule has 2 aromatic rings. The summed E-state index contributed by atoms with van der Waals surface area (Å²) in [5, 5.41) is 6.55. The number of anilines is 1. The molecule has 31 heavy (non-hydrogen) atoms. The molecule has 2 aromatic carbocycles. The van der Waals surface area contributed by atoms with Gasteiger partial charge in [0.2, 0.25) is 0 Å². The van der Waals surface area contributed by atoms with E-state index in [1.165, 1.54) is 42.5 Å². The van der Waals surface area contributed by atoms with E-state index in [0.717, 1.165) is 0 Å². The Hall–Kier alpha value is -4.21. The monoisotopic (exact) mass is 427 g/mol. The average Bonchev–Trinajstić information content (AvgIpc) is 2.72. The Morgan fingerprint density at radius 3 is 2.32 bits per heavy atom. The Balaban J connectivity index is 1.71. The molecular formula is C21H18FN3O6. The fourth-order valence-corrected chi connectivity index (χ4v) is 2.65. The molecule has 0 spiro atoms. The summed E-state index contributed by atoms with van der Waals surface area (Å²) in [7, 11) is 0. The van der Waals surface area contributed by atoms with Gasteiger partial charge in [-0.1, -0.05) is 6.07 Å². The molecule has 1 fully saturated rings. The Kier molecular flexibility index (Phi) is 6.61. The van der Waals surface area contributed by atoms with Crippen LogP contribution < -0.4 is 25.4 Å². The van der Waals surface area contributed by atoms with Crippen LogP contribution in [0.4, 0.5) is 14.9 Å². The lowest BCUT2D eigenvalue weighted by Crippen LogP contribution is -2.51. The molecular weight excluding hydrogens is 409 g/mol. The van der Waals surface area contributed by atoms with Gasteiger partial charge in [0.25, 0.3) is 17.7 Å². The molecule has 1 saturated heterocycles. The highest BCUT2D eigenvalue weighted by Crippen LogP contribution is 2.29. The van der Waals surface area contributed by atoms with Gasteiger partial charge in [-0.3, -0.25) is 25.0 Å². The molecule has 1 aliphatic heterocycles. The highest BCUT2D eigenvalue weighted by Gasteiger charge is 2.27. The highest BCUT2D eigenvalue weighted by molar-refractivity contribution is 6.31. The average molecular weight is 427 g/mol. The van der Waals surface area contributed by atoms with Gasteiger partial charge >= 0.3 is 6.03 Å². The lowest BCUT2D eigenvalue weighted by Gasteiger charge is -2.15. The van der Waals surface area contributed by atoms with Crippen LogP contribution in [0.1, 0.15) is 12.5 Å². The number of nitrogens with one attached hydrogen (secondary N) is 3. The van der Waals surface area contributed by atoms with E-state index in [4.69, 9.17) is 9.47 Å². The predicted octanol–water partition coefficient (Wildman–Crippen LogP) is 1.99. The molecule has 0 bridgehead atoms. The minimum absolute atomic E-state index is 0.241. The van der Waals surface area contributed by atoms with Crippen LogP contribution in [0, 0.1) is 5.82 Å². The minimum Gasteiger partial charge on any atom is -0.490 e. The summed E-state index contributed by atoms with van der Waals surface area (Å²) >= 11 is 0. The van der Waals surface area contributed by atoms with Crippen LogP contribution in [0.3, 0.4) is 0 Å². The summed E-state index contributed by atoms with van der Waals surface area (Å²) in [6.07, 6.45) is 1.30. The molecule has 1 aliphatic rings. The van der Waals surface area contributed by atoms with Crippen molar-refractivity contribution < 1.29 is 33.0 Å². The lowest BCUT2D eigenvalue weighted by molar-refractivity contribution is -0.124. The SMILES string of the molecule is CCOc1cc(C=C2C(=O)NC(=O)NC2=O)ccc1OCC(=O)Nc1ccc(F)cc1. The zero-order valence-electron chi connectivity index (χ0n) is 16.4. The molecule has 0 atom stereocenters. The maximum Gasteiger partial charge on any atom is 0.328 e. The summed E-state index contributed by atoms with van der Waals surface area (Å²) in [5.41, 5.74) is 0.625. The van der Waals surface area contributed by atoms with Gasteiger partial charge in [0.15, 0.2) is 18.1 Å². The molecule has 3 N–H and O–H groups in total. The van der Waals surface area contributed by atoms with E-state index in [9.17, 15) is 23.6 Å². The summed E-state index contributed by atoms with van der Waals surface area (Å²) in [4.78, 5) is 46.9. The molecule has 5 amide bonds. The third-order valence-electron chi connectivity index (χ3n) is 4.01. The van der Waals surface area contributed by atoms with Crippen molar-refractivity contribution in [3.8, 4) is 11.5 Å². The Morgan fingerprint density at radius 2 is 1.68 bits per heavy atom. The van der Waals surface area contributed by atoms with Gasteiger partial charge in [0.05, 0.1) is 6.61 Å². The van der Waals surface area contributed by atoms with Gasteiger partial charge in [-0.15, -0.1) is 0 Å². The highest BCUT2D eigenvalue weighted by atomic mass is 19.1. The number of rotatable bonds is 7. The second-order valence-electron chi connectivity index (χ2n) is 6.28. The standard InChI is InChI=1S/C21H18FN3O6/c1-2-30-17-10-12(9-15-19(27)24-21(29)25-20(15)28)3-8-16(17)31-11-18(26)23-14-6-4-13(22)5-7-14/h3-10H,2,11H2,1H3,(H,23,26)(H2,24,25,27,28,29). The van der Waals surface area contributed by atoms with Gasteiger partial charge in [0.1, 0.15) is 11.4 Å². The zero-order chi connectivity index (χ0) is 22.4. The Bertz CT molecular complexity index is 1040. The molecule has 3 rings (SSSR count). The summed E-state index contributed by atoms with van der Waals surface area (Å²) < 4.78 is 24.0. The first-order valence-corrected chi connectivity index (χ1v) is 9.19. The van der Waals surface area contributed by atoms with Gasteiger partial charge in [-0.25, -0.2) is 9.18 Å². The van der Waals surface area contributed by atoms with E-state index >= 15 is 0 Å². The zero-order valence-corrected chi connectivity index (χ0v) is 16.4. The third-order valence-corrected chi connectivity index (χ3v) is 4.01. The van der Waals surface area contributed by atoms with Crippen LogP contribution >= 0.6 is 0 Å². The van der Waals surface area contributed by atoms with E-state index in [0.29, 0.717) is 23.6 Å². The van der Waals surface area contributed by atoms with Crippen LogP contribution in [-0.4, -0.2) is 37.0 Å². The number of barbiturate groups is 1. The van der Waals surface area contributed by atoms with Crippen molar-refractivity contribution in [3.05, 3.63) is 59.4 Å². The van der Waals surface area contributed by atoms with Crippen molar-refractivity contribution in [2.45, 2.75) is 6.92 Å². The smallest absolute Gasteiger partial charge is 0.328 e. The summed E-state index contributed by atoms with van der Waals surface area (Å²) in [6, 6.07) is 9.01. The maximum atomic E-state index is 12.9. The molecule has 0 aromatic heterocycles. The predicted molar refractivity (Wildman–Crippen MR) is 108 cm³/mol. The van der Waals surface area contributed by atoms with E-state index in [2.05, 4.69) is 5.32 Å². The minimum atomic E-state index is -0.884. The second-order valence-corrected chi connectivity index (χ2v) is 6.28. The summed E-state index contributed by atoms with van der Waals surface area (Å²) in [6.45, 7) is 1.72. The molecule has 9 nitrogen and oxygen atoms in total. The third kappa shape index (κ3) is 5.66. The van der Waals surface area contributed by atoms with Gasteiger partial charge in [-0.05, 0) is 55.0 Å². The normalized spacial score (nSPS) is 13.2. The number of hydrogen-bond acceptors (Lipinski definition) is 6. The van der Waals surface area contributed by atoms with Crippen LogP contribution in [0.15, 0.2) is 48.0 Å². The maximum absolute atomic E-state index is 12.9. The number of amides is 5. The molecule has 0 radical (unpaired) electrons. The van der Waals surface area contributed by atoms with Crippen molar-refractivity contribution in [3.63, 3.8) is 0 Å². The quantitative estimate of drug-likeness (QED) is 0.459. The number of urea groups is 1. The van der Waals surface area contributed by atoms with Crippen molar-refractivity contribution >= 4 is 35.5 Å². The second kappa shape index (κ2) is 9.53. The first-order valence-electron chi connectivity index (χ1n) is 9.19. The van der Waals surface area contributed by atoms with Crippen molar-refractivity contribution in [1.29, 1.82) is 0 Å². The molecule has 0 unspecified atom stereocenters. The molecule has 0 saturated carbocycles. The number of carbonyl (C=O) groups excluding carboxylic acids is 4. The van der Waals surface area contributed by atoms with E-state index in [-0.39, 0.29) is 17.9 Å². The van der Waals surface area contributed by atoms with Crippen LogP contribution in [0.25, 0.3) is 6.08 Å². The Labute approximate surface area is 176 Å². The van der Waals surface area contributed by atoms with Crippen LogP contribution in [0.5, 0.6) is 11.5 Å². The topological polar surface area (TPSA) is 123 Å². The number of hydrogen-bond donors (Lipinski definition) is 3. The van der Waals surface area contributed by atoms with E-state index < -0.39 is 29.6 Å². The lowest BCUT2D eigenvalue weighted by atomic mass is 10.1. The van der Waals surface area contributed by atoms with E-state index in [1.807, 2.05) is 10.6 Å².